The molecule has 1 amide bonds. The first-order valence-corrected chi connectivity index (χ1v) is 7.69. The minimum absolute atomic E-state index is 0.308. The van der Waals surface area contributed by atoms with E-state index in [1.54, 1.807) is 43.3 Å². The molecular weight excluding hydrogens is 345 g/mol. The van der Waals surface area contributed by atoms with Crippen LogP contribution in [0.2, 0.25) is 15.1 Å². The summed E-state index contributed by atoms with van der Waals surface area (Å²) in [6, 6.07) is 10.1. The molecule has 3 nitrogen and oxygen atoms in total. The molecule has 22 heavy (non-hydrogen) atoms. The third-order valence-electron chi connectivity index (χ3n) is 3.00. The number of benzene rings is 2. The lowest BCUT2D eigenvalue weighted by Gasteiger charge is -2.16. The van der Waals surface area contributed by atoms with Gasteiger partial charge in [0.05, 0.1) is 10.7 Å². The fourth-order valence-corrected chi connectivity index (χ4v) is 2.35. The van der Waals surface area contributed by atoms with E-state index >= 15 is 0 Å². The van der Waals surface area contributed by atoms with Crippen molar-refractivity contribution in [2.24, 2.45) is 0 Å². The Labute approximate surface area is 144 Å². The van der Waals surface area contributed by atoms with Crippen molar-refractivity contribution in [2.45, 2.75) is 20.0 Å². The Morgan fingerprint density at radius 1 is 1.09 bits per heavy atom. The maximum Gasteiger partial charge on any atom is 0.265 e. The predicted molar refractivity (Wildman–Crippen MR) is 91.4 cm³/mol. The zero-order valence-corrected chi connectivity index (χ0v) is 14.3. The number of carbonyl (C=O) groups excluding carboxylic acids is 1. The highest BCUT2D eigenvalue weighted by Gasteiger charge is 2.16. The van der Waals surface area contributed by atoms with Crippen molar-refractivity contribution in [1.29, 1.82) is 0 Å². The van der Waals surface area contributed by atoms with E-state index in [1.807, 2.05) is 6.92 Å². The van der Waals surface area contributed by atoms with Gasteiger partial charge in [0, 0.05) is 10.0 Å². The molecule has 0 radical (unpaired) electrons. The highest BCUT2D eigenvalue weighted by atomic mass is 35.5. The maximum atomic E-state index is 12.2. The molecule has 2 aromatic rings. The Balaban J connectivity index is 2.04. The molecule has 0 bridgehead atoms. The summed E-state index contributed by atoms with van der Waals surface area (Å²) in [5.74, 6) is 0.267. The van der Waals surface area contributed by atoms with Crippen molar-refractivity contribution >= 4 is 46.4 Å². The van der Waals surface area contributed by atoms with E-state index in [9.17, 15) is 4.79 Å². The lowest BCUT2D eigenvalue weighted by atomic mass is 10.2. The zero-order chi connectivity index (χ0) is 16.3. The Morgan fingerprint density at radius 2 is 1.82 bits per heavy atom. The van der Waals surface area contributed by atoms with Gasteiger partial charge in [-0.25, -0.2) is 0 Å². The van der Waals surface area contributed by atoms with Crippen molar-refractivity contribution in [3.8, 4) is 5.75 Å². The lowest BCUT2D eigenvalue weighted by molar-refractivity contribution is -0.122. The van der Waals surface area contributed by atoms with Gasteiger partial charge in [-0.1, -0.05) is 34.8 Å². The first kappa shape index (κ1) is 16.9. The van der Waals surface area contributed by atoms with E-state index < -0.39 is 6.10 Å². The molecule has 0 aliphatic heterocycles. The lowest BCUT2D eigenvalue weighted by Crippen LogP contribution is -2.30. The van der Waals surface area contributed by atoms with Crippen LogP contribution in [-0.4, -0.2) is 12.0 Å². The molecule has 0 aliphatic carbocycles. The maximum absolute atomic E-state index is 12.2. The van der Waals surface area contributed by atoms with Gasteiger partial charge in [-0.2, -0.15) is 0 Å². The van der Waals surface area contributed by atoms with Crippen molar-refractivity contribution < 1.29 is 9.53 Å². The van der Waals surface area contributed by atoms with Crippen molar-refractivity contribution in [3.05, 3.63) is 57.0 Å². The summed E-state index contributed by atoms with van der Waals surface area (Å²) < 4.78 is 5.61. The molecule has 116 valence electrons. The van der Waals surface area contributed by atoms with Gasteiger partial charge in [0.2, 0.25) is 0 Å². The number of nitrogens with one attached hydrogen (secondary N) is 1. The van der Waals surface area contributed by atoms with Crippen LogP contribution in [0.15, 0.2) is 36.4 Å². The highest BCUT2D eigenvalue weighted by Crippen LogP contribution is 2.26. The second kappa shape index (κ2) is 7.23. The molecule has 6 heteroatoms. The van der Waals surface area contributed by atoms with Crippen molar-refractivity contribution in [2.75, 3.05) is 5.32 Å². The molecule has 0 spiro atoms. The fourth-order valence-electron chi connectivity index (χ4n) is 1.77. The third-order valence-corrected chi connectivity index (χ3v) is 3.97. The number of aryl methyl sites for hydroxylation is 1. The van der Waals surface area contributed by atoms with Gasteiger partial charge < -0.3 is 10.1 Å². The van der Waals surface area contributed by atoms with Crippen LogP contribution in [0.25, 0.3) is 0 Å². The second-order valence-electron chi connectivity index (χ2n) is 4.78. The molecule has 1 atom stereocenters. The summed E-state index contributed by atoms with van der Waals surface area (Å²) >= 11 is 17.8. The standard InChI is InChI=1S/C16H14Cl3NO2/c1-9-7-12(4-5-13(9)18)22-10(2)16(21)20-15-6-3-11(17)8-14(15)19/h3-8,10H,1-2H3,(H,20,21). The van der Waals surface area contributed by atoms with Gasteiger partial charge in [0.15, 0.2) is 6.10 Å². The summed E-state index contributed by atoms with van der Waals surface area (Å²) in [7, 11) is 0. The topological polar surface area (TPSA) is 38.3 Å². The second-order valence-corrected chi connectivity index (χ2v) is 6.04. The van der Waals surface area contributed by atoms with Crippen LogP contribution in [0.1, 0.15) is 12.5 Å². The largest absolute Gasteiger partial charge is 0.481 e. The molecular formula is C16H14Cl3NO2. The number of hydrogen-bond acceptors (Lipinski definition) is 2. The molecule has 0 saturated carbocycles. The smallest absolute Gasteiger partial charge is 0.265 e. The van der Waals surface area contributed by atoms with Crippen LogP contribution >= 0.6 is 34.8 Å². The Morgan fingerprint density at radius 3 is 2.45 bits per heavy atom. The molecule has 1 N–H and O–H groups in total. The van der Waals surface area contributed by atoms with Crippen LogP contribution in [0, 0.1) is 6.92 Å². The Hall–Kier alpha value is -1.42. The van der Waals surface area contributed by atoms with E-state index in [0.717, 1.165) is 5.56 Å². The van der Waals surface area contributed by atoms with E-state index in [-0.39, 0.29) is 5.91 Å². The number of hydrogen-bond donors (Lipinski definition) is 1. The van der Waals surface area contributed by atoms with Crippen molar-refractivity contribution in [3.63, 3.8) is 0 Å². The molecule has 1 unspecified atom stereocenters. The Kier molecular flexibility index (Phi) is 5.57. The van der Waals surface area contributed by atoms with Gasteiger partial charge in [-0.05, 0) is 55.8 Å². The van der Waals surface area contributed by atoms with E-state index in [0.29, 0.717) is 26.5 Å². The summed E-state index contributed by atoms with van der Waals surface area (Å²) in [6.45, 7) is 3.52. The van der Waals surface area contributed by atoms with Crippen LogP contribution in [0.4, 0.5) is 5.69 Å². The molecule has 2 rings (SSSR count). The molecule has 0 heterocycles. The highest BCUT2D eigenvalue weighted by molar-refractivity contribution is 6.36. The number of halogens is 3. The van der Waals surface area contributed by atoms with E-state index in [1.165, 1.54) is 0 Å². The Bertz CT molecular complexity index is 704. The SMILES string of the molecule is Cc1cc(OC(C)C(=O)Nc2ccc(Cl)cc2Cl)ccc1Cl. The van der Waals surface area contributed by atoms with Gasteiger partial charge in [0.1, 0.15) is 5.75 Å². The van der Waals surface area contributed by atoms with Gasteiger partial charge in [-0.15, -0.1) is 0 Å². The molecule has 0 fully saturated rings. The van der Waals surface area contributed by atoms with Crippen LogP contribution in [0.3, 0.4) is 0 Å². The third kappa shape index (κ3) is 4.29. The first-order valence-electron chi connectivity index (χ1n) is 6.55. The van der Waals surface area contributed by atoms with Crippen LogP contribution in [-0.2, 0) is 4.79 Å². The minimum atomic E-state index is -0.688. The van der Waals surface area contributed by atoms with Gasteiger partial charge in [0.25, 0.3) is 5.91 Å². The molecule has 2 aromatic carbocycles. The molecule has 0 aromatic heterocycles. The van der Waals surface area contributed by atoms with E-state index in [2.05, 4.69) is 5.32 Å². The quantitative estimate of drug-likeness (QED) is 0.799. The van der Waals surface area contributed by atoms with Crippen LogP contribution < -0.4 is 10.1 Å². The molecule has 0 aliphatic rings. The predicted octanol–water partition coefficient (Wildman–Crippen LogP) is 5.36. The summed E-state index contributed by atoms with van der Waals surface area (Å²) in [6.07, 6.45) is -0.688. The summed E-state index contributed by atoms with van der Waals surface area (Å²) in [4.78, 5) is 12.2. The fraction of sp³-hybridized carbons (Fsp3) is 0.188. The zero-order valence-electron chi connectivity index (χ0n) is 12.0. The summed E-state index contributed by atoms with van der Waals surface area (Å²) in [5, 5.41) is 4.23. The number of rotatable bonds is 4. The number of ether oxygens (including phenoxy) is 1. The first-order chi connectivity index (χ1) is 10.4. The average Bonchev–Trinajstić information content (AvgIpc) is 2.45. The van der Waals surface area contributed by atoms with Crippen LogP contribution in [0.5, 0.6) is 5.75 Å². The van der Waals surface area contributed by atoms with Gasteiger partial charge >= 0.3 is 0 Å². The molecule has 0 saturated heterocycles. The van der Waals surface area contributed by atoms with Crippen molar-refractivity contribution in [1.82, 2.24) is 0 Å². The monoisotopic (exact) mass is 357 g/mol. The number of anilines is 1. The summed E-state index contributed by atoms with van der Waals surface area (Å²) in [5.41, 5.74) is 1.37. The normalized spacial score (nSPS) is 11.9. The average molecular weight is 359 g/mol. The number of carbonyl (C=O) groups is 1. The van der Waals surface area contributed by atoms with Gasteiger partial charge in [-0.3, -0.25) is 4.79 Å². The van der Waals surface area contributed by atoms with E-state index in [4.69, 9.17) is 39.5 Å². The number of amides is 1. The minimum Gasteiger partial charge on any atom is -0.481 e.